The Hall–Kier alpha value is -6.63. The summed E-state index contributed by atoms with van der Waals surface area (Å²) in [5.74, 6) is 1.06. The SMILES string of the molecule is C=N/C(=N\C(=N/Cc1cccc2c1sc1ccccc12)n1c2ccccc2c2ccc(-c3ccc4oc5ccccc5c4c3)cc21)c1ccccc1. The third-order valence-electron chi connectivity index (χ3n) is 9.85. The van der Waals surface area contributed by atoms with Gasteiger partial charge in [-0.15, -0.1) is 11.3 Å². The Bertz CT molecular complexity index is 3070. The zero-order chi connectivity index (χ0) is 34.6. The fourth-order valence-electron chi connectivity index (χ4n) is 7.39. The molecule has 5 nitrogen and oxygen atoms in total. The van der Waals surface area contributed by atoms with Crippen molar-refractivity contribution in [3.63, 3.8) is 0 Å². The molecule has 0 aliphatic carbocycles. The van der Waals surface area contributed by atoms with Gasteiger partial charge in [0.25, 0.3) is 0 Å². The Morgan fingerprint density at radius 3 is 2.15 bits per heavy atom. The summed E-state index contributed by atoms with van der Waals surface area (Å²) in [5.41, 5.74) is 8.02. The summed E-state index contributed by atoms with van der Waals surface area (Å²) in [6, 6.07) is 54.8. The largest absolute Gasteiger partial charge is 0.456 e. The highest BCUT2D eigenvalue weighted by molar-refractivity contribution is 7.26. The first-order valence-electron chi connectivity index (χ1n) is 17.2. The Morgan fingerprint density at radius 1 is 0.577 bits per heavy atom. The van der Waals surface area contributed by atoms with Gasteiger partial charge < -0.3 is 4.42 Å². The van der Waals surface area contributed by atoms with E-state index in [1.54, 1.807) is 0 Å². The molecule has 7 aromatic carbocycles. The monoisotopic (exact) mass is 686 g/mol. The van der Waals surface area contributed by atoms with Gasteiger partial charge in [0, 0.05) is 47.3 Å². The summed E-state index contributed by atoms with van der Waals surface area (Å²) in [4.78, 5) is 15.0. The lowest BCUT2D eigenvalue weighted by Crippen LogP contribution is -2.13. The maximum absolute atomic E-state index is 6.15. The van der Waals surface area contributed by atoms with Gasteiger partial charge >= 0.3 is 0 Å². The van der Waals surface area contributed by atoms with Crippen molar-refractivity contribution in [2.75, 3.05) is 0 Å². The number of nitrogens with zero attached hydrogens (tertiary/aromatic N) is 4. The van der Waals surface area contributed by atoms with Gasteiger partial charge in [-0.2, -0.15) is 4.99 Å². The van der Waals surface area contributed by atoms with Crippen molar-refractivity contribution in [3.05, 3.63) is 169 Å². The molecular formula is C46H30N4OS. The van der Waals surface area contributed by atoms with Gasteiger partial charge in [-0.25, -0.2) is 9.98 Å². The summed E-state index contributed by atoms with van der Waals surface area (Å²) in [6.07, 6.45) is 0. The molecule has 0 N–H and O–H groups in total. The van der Waals surface area contributed by atoms with E-state index in [4.69, 9.17) is 14.4 Å². The average molecular weight is 687 g/mol. The maximum atomic E-state index is 6.15. The zero-order valence-electron chi connectivity index (χ0n) is 28.0. The summed E-state index contributed by atoms with van der Waals surface area (Å²) >= 11 is 1.81. The number of hydrogen-bond acceptors (Lipinski definition) is 3. The van der Waals surface area contributed by atoms with Gasteiger partial charge in [-0.05, 0) is 59.8 Å². The van der Waals surface area contributed by atoms with E-state index in [0.717, 1.165) is 66.0 Å². The number of hydrogen-bond donors (Lipinski definition) is 0. The molecule has 10 rings (SSSR count). The van der Waals surface area contributed by atoms with Crippen LogP contribution in [0.1, 0.15) is 11.1 Å². The van der Waals surface area contributed by atoms with Gasteiger partial charge in [-0.3, -0.25) is 4.57 Å². The molecule has 0 saturated carbocycles. The van der Waals surface area contributed by atoms with Crippen LogP contribution in [0.15, 0.2) is 177 Å². The van der Waals surface area contributed by atoms with E-state index in [0.29, 0.717) is 18.3 Å². The molecule has 0 aliphatic heterocycles. The number of benzene rings is 7. The van der Waals surface area contributed by atoms with E-state index in [2.05, 4.69) is 132 Å². The molecule has 0 radical (unpaired) electrons. The first-order chi connectivity index (χ1) is 25.7. The third-order valence-corrected chi connectivity index (χ3v) is 11.1. The molecule has 52 heavy (non-hydrogen) atoms. The van der Waals surface area contributed by atoms with Crippen molar-refractivity contribution in [3.8, 4) is 11.1 Å². The van der Waals surface area contributed by atoms with Crippen LogP contribution in [-0.4, -0.2) is 23.1 Å². The number of fused-ring (bicyclic) bond motifs is 9. The second-order valence-corrected chi connectivity index (χ2v) is 13.9. The lowest BCUT2D eigenvalue weighted by molar-refractivity contribution is 0.669. The molecule has 0 amide bonds. The van der Waals surface area contributed by atoms with Crippen molar-refractivity contribution in [2.45, 2.75) is 6.54 Å². The smallest absolute Gasteiger partial charge is 0.232 e. The molecule has 0 unspecified atom stereocenters. The second kappa shape index (κ2) is 12.3. The topological polar surface area (TPSA) is 55.1 Å². The van der Waals surface area contributed by atoms with Crippen molar-refractivity contribution in [1.29, 1.82) is 0 Å². The van der Waals surface area contributed by atoms with Crippen LogP contribution in [0.5, 0.6) is 0 Å². The number of aromatic nitrogens is 1. The van der Waals surface area contributed by atoms with E-state index in [1.807, 2.05) is 53.8 Å². The third kappa shape index (κ3) is 4.95. The molecule has 246 valence electrons. The molecule has 0 saturated heterocycles. The molecule has 0 spiro atoms. The highest BCUT2D eigenvalue weighted by Gasteiger charge is 2.18. The van der Waals surface area contributed by atoms with Crippen molar-refractivity contribution in [1.82, 2.24) is 4.57 Å². The Kier molecular flexibility index (Phi) is 7.15. The Labute approximate surface area is 303 Å². The molecule has 0 aliphatic rings. The lowest BCUT2D eigenvalue weighted by atomic mass is 10.0. The summed E-state index contributed by atoms with van der Waals surface area (Å²) in [6.45, 7) is 4.37. The normalized spacial score (nSPS) is 12.6. The fourth-order valence-corrected chi connectivity index (χ4v) is 8.59. The summed E-state index contributed by atoms with van der Waals surface area (Å²) in [5, 5.41) is 6.97. The maximum Gasteiger partial charge on any atom is 0.232 e. The molecule has 0 bridgehead atoms. The van der Waals surface area contributed by atoms with Gasteiger partial charge in [-0.1, -0.05) is 121 Å². The second-order valence-electron chi connectivity index (χ2n) is 12.9. The van der Waals surface area contributed by atoms with Crippen LogP contribution in [0.3, 0.4) is 0 Å². The zero-order valence-corrected chi connectivity index (χ0v) is 28.8. The quantitative estimate of drug-likeness (QED) is 0.134. The minimum atomic E-state index is 0.445. The minimum Gasteiger partial charge on any atom is -0.456 e. The first-order valence-corrected chi connectivity index (χ1v) is 18.0. The Balaban J connectivity index is 1.20. The molecule has 10 aromatic rings. The molecular weight excluding hydrogens is 657 g/mol. The predicted molar refractivity (Wildman–Crippen MR) is 221 cm³/mol. The van der Waals surface area contributed by atoms with E-state index in [1.165, 1.54) is 20.2 Å². The molecule has 3 heterocycles. The van der Waals surface area contributed by atoms with Crippen LogP contribution < -0.4 is 0 Å². The van der Waals surface area contributed by atoms with Crippen LogP contribution in [0, 0.1) is 0 Å². The van der Waals surface area contributed by atoms with Crippen LogP contribution >= 0.6 is 11.3 Å². The number of para-hydroxylation sites is 2. The van der Waals surface area contributed by atoms with Crippen LogP contribution in [0.4, 0.5) is 0 Å². The number of amidine groups is 1. The fraction of sp³-hybridized carbons (Fsp3) is 0.0217. The highest BCUT2D eigenvalue weighted by atomic mass is 32.1. The molecule has 0 fully saturated rings. The van der Waals surface area contributed by atoms with Crippen LogP contribution in [0.25, 0.3) is 75.0 Å². The predicted octanol–water partition coefficient (Wildman–Crippen LogP) is 12.3. The number of thiophene rings is 1. The molecule has 0 atom stereocenters. The highest BCUT2D eigenvalue weighted by Crippen LogP contribution is 2.38. The van der Waals surface area contributed by atoms with Gasteiger partial charge in [0.2, 0.25) is 5.96 Å². The van der Waals surface area contributed by atoms with Crippen molar-refractivity contribution < 1.29 is 4.42 Å². The molecule has 6 heteroatoms. The number of aliphatic imine (C=N–C) groups is 3. The Morgan fingerprint density at radius 2 is 1.27 bits per heavy atom. The van der Waals surface area contributed by atoms with E-state index < -0.39 is 0 Å². The molecule has 3 aromatic heterocycles. The number of furan rings is 1. The van der Waals surface area contributed by atoms with Crippen LogP contribution in [0.2, 0.25) is 0 Å². The van der Waals surface area contributed by atoms with Gasteiger partial charge in [0.15, 0.2) is 5.84 Å². The van der Waals surface area contributed by atoms with Crippen LogP contribution in [-0.2, 0) is 6.54 Å². The number of rotatable bonds is 4. The van der Waals surface area contributed by atoms with Crippen molar-refractivity contribution >= 4 is 93.8 Å². The van der Waals surface area contributed by atoms with Crippen molar-refractivity contribution in [2.24, 2.45) is 15.0 Å². The summed E-state index contributed by atoms with van der Waals surface area (Å²) < 4.78 is 10.8. The standard InChI is InChI=1S/C46H30N4OS/c1-47-45(29-12-3-2-4-13-29)49-46(48-28-32-14-11-18-37-36-17-7-10-21-43(36)52-44(32)37)50-39-19-8-5-15-33(39)34-24-22-31(27-40(34)50)30-23-25-42-38(26-30)35-16-6-9-20-41(35)51-42/h2-27H,1,28H2/b48-46+,49-45-. The van der Waals surface area contributed by atoms with E-state index in [9.17, 15) is 0 Å². The van der Waals surface area contributed by atoms with Gasteiger partial charge in [0.1, 0.15) is 11.2 Å². The first kappa shape index (κ1) is 30.2. The minimum absolute atomic E-state index is 0.445. The lowest BCUT2D eigenvalue weighted by Gasteiger charge is -2.11. The summed E-state index contributed by atoms with van der Waals surface area (Å²) in [7, 11) is 0. The van der Waals surface area contributed by atoms with Gasteiger partial charge in [0.05, 0.1) is 17.6 Å². The van der Waals surface area contributed by atoms with E-state index >= 15 is 0 Å². The average Bonchev–Trinajstić information content (AvgIpc) is 3.88. The van der Waals surface area contributed by atoms with E-state index in [-0.39, 0.29) is 0 Å².